The summed E-state index contributed by atoms with van der Waals surface area (Å²) in [5, 5.41) is 30.3. The molecule has 1 aromatic heterocycles. The van der Waals surface area contributed by atoms with Crippen LogP contribution in [0.3, 0.4) is 0 Å². The Balaban J connectivity index is 3.26. The lowest BCUT2D eigenvalue weighted by atomic mass is 9.95. The molecule has 0 aliphatic heterocycles. The molecule has 0 radical (unpaired) electrons. The zero-order valence-corrected chi connectivity index (χ0v) is 11.1. The highest BCUT2D eigenvalue weighted by molar-refractivity contribution is 5.75. The van der Waals surface area contributed by atoms with Gasteiger partial charge in [0.25, 0.3) is 0 Å². The van der Waals surface area contributed by atoms with Gasteiger partial charge in [0.1, 0.15) is 11.8 Å². The Kier molecular flexibility index (Phi) is 5.00. The Morgan fingerprint density at radius 3 is 2.50 bits per heavy atom. The molecule has 8 heteroatoms. The highest BCUT2D eigenvalue weighted by atomic mass is 16.4. The van der Waals surface area contributed by atoms with Crippen molar-refractivity contribution in [3.8, 4) is 5.75 Å². The van der Waals surface area contributed by atoms with Crippen LogP contribution < -0.4 is 11.1 Å². The minimum atomic E-state index is -1.40. The van der Waals surface area contributed by atoms with Gasteiger partial charge in [0.05, 0.1) is 18.3 Å². The van der Waals surface area contributed by atoms with E-state index in [9.17, 15) is 14.7 Å². The number of aliphatic carboxylic acids is 2. The van der Waals surface area contributed by atoms with Crippen molar-refractivity contribution in [3.05, 3.63) is 23.0 Å². The molecule has 0 saturated heterocycles. The Bertz CT molecular complexity index is 532. The second kappa shape index (κ2) is 6.31. The number of pyridine rings is 1. The van der Waals surface area contributed by atoms with Gasteiger partial charge in [0.15, 0.2) is 0 Å². The molecule has 0 unspecified atom stereocenters. The van der Waals surface area contributed by atoms with E-state index in [2.05, 4.69) is 10.3 Å². The number of carboxylic acids is 2. The maximum Gasteiger partial charge on any atom is 0.322 e. The van der Waals surface area contributed by atoms with Crippen molar-refractivity contribution in [1.29, 1.82) is 0 Å². The van der Waals surface area contributed by atoms with Crippen molar-refractivity contribution in [2.24, 2.45) is 5.73 Å². The third-order valence-electron chi connectivity index (χ3n) is 2.90. The molecule has 0 amide bonds. The summed E-state index contributed by atoms with van der Waals surface area (Å²) in [6, 6.07) is -2.44. The number of aromatic hydroxyl groups is 1. The SMILES string of the molecule is Cc1cnc(C)c(O)c1[C@H](NCC(=O)O)[C@@H](N)C(=O)O. The number of carboxylic acid groups (broad SMARTS) is 2. The summed E-state index contributed by atoms with van der Waals surface area (Å²) in [6.45, 7) is 2.70. The molecule has 8 nitrogen and oxygen atoms in total. The second-order valence-electron chi connectivity index (χ2n) is 4.41. The fraction of sp³-hybridized carbons (Fsp3) is 0.417. The van der Waals surface area contributed by atoms with E-state index in [4.69, 9.17) is 15.9 Å². The highest BCUT2D eigenvalue weighted by Crippen LogP contribution is 2.30. The van der Waals surface area contributed by atoms with E-state index >= 15 is 0 Å². The number of hydrogen-bond donors (Lipinski definition) is 5. The van der Waals surface area contributed by atoms with Gasteiger partial charge in [-0.15, -0.1) is 0 Å². The first-order valence-electron chi connectivity index (χ1n) is 5.84. The molecule has 1 heterocycles. The maximum absolute atomic E-state index is 11.1. The molecule has 20 heavy (non-hydrogen) atoms. The fourth-order valence-corrected chi connectivity index (χ4v) is 1.85. The van der Waals surface area contributed by atoms with Crippen LogP contribution in [0.4, 0.5) is 0 Å². The third kappa shape index (κ3) is 3.43. The molecule has 1 rings (SSSR count). The maximum atomic E-state index is 11.1. The summed E-state index contributed by atoms with van der Waals surface area (Å²) in [5.74, 6) is -2.65. The van der Waals surface area contributed by atoms with Crippen molar-refractivity contribution in [1.82, 2.24) is 10.3 Å². The molecule has 0 aromatic carbocycles. The minimum Gasteiger partial charge on any atom is -0.506 e. The number of nitrogens with two attached hydrogens (primary N) is 1. The van der Waals surface area contributed by atoms with Gasteiger partial charge in [-0.3, -0.25) is 19.9 Å². The summed E-state index contributed by atoms with van der Waals surface area (Å²) in [7, 11) is 0. The number of hydrogen-bond acceptors (Lipinski definition) is 6. The van der Waals surface area contributed by atoms with Crippen molar-refractivity contribution in [2.75, 3.05) is 6.54 Å². The van der Waals surface area contributed by atoms with E-state index < -0.39 is 30.6 Å². The zero-order chi connectivity index (χ0) is 15.4. The van der Waals surface area contributed by atoms with Crippen LogP contribution in [-0.2, 0) is 9.59 Å². The average Bonchev–Trinajstić information content (AvgIpc) is 2.36. The van der Waals surface area contributed by atoms with E-state index in [1.807, 2.05) is 0 Å². The summed E-state index contributed by atoms with van der Waals surface area (Å²) < 4.78 is 0. The Morgan fingerprint density at radius 1 is 1.40 bits per heavy atom. The molecule has 0 saturated carbocycles. The average molecular weight is 283 g/mol. The molecule has 0 spiro atoms. The first-order valence-corrected chi connectivity index (χ1v) is 5.84. The van der Waals surface area contributed by atoms with E-state index in [1.165, 1.54) is 6.20 Å². The van der Waals surface area contributed by atoms with Crippen LogP contribution >= 0.6 is 0 Å². The molecule has 2 atom stereocenters. The molecule has 0 bridgehead atoms. The number of nitrogens with one attached hydrogen (secondary N) is 1. The van der Waals surface area contributed by atoms with Gasteiger partial charge >= 0.3 is 11.9 Å². The molecular weight excluding hydrogens is 266 g/mol. The number of rotatable bonds is 6. The van der Waals surface area contributed by atoms with Crippen LogP contribution in [0.15, 0.2) is 6.20 Å². The monoisotopic (exact) mass is 283 g/mol. The zero-order valence-electron chi connectivity index (χ0n) is 11.1. The summed E-state index contributed by atoms with van der Waals surface area (Å²) in [5.41, 5.74) is 6.66. The Labute approximate surface area is 115 Å². The predicted molar refractivity (Wildman–Crippen MR) is 69.4 cm³/mol. The minimum absolute atomic E-state index is 0.190. The van der Waals surface area contributed by atoms with Crippen LogP contribution in [0.25, 0.3) is 0 Å². The van der Waals surface area contributed by atoms with Crippen molar-refractivity contribution in [3.63, 3.8) is 0 Å². The molecule has 110 valence electrons. The van der Waals surface area contributed by atoms with Gasteiger partial charge < -0.3 is 21.1 Å². The van der Waals surface area contributed by atoms with Gasteiger partial charge in [-0.1, -0.05) is 0 Å². The van der Waals surface area contributed by atoms with Gasteiger partial charge in [0.2, 0.25) is 0 Å². The van der Waals surface area contributed by atoms with Crippen molar-refractivity contribution in [2.45, 2.75) is 25.9 Å². The standard InChI is InChI=1S/C12H17N3O5/c1-5-3-14-6(2)11(18)8(5)10(9(13)12(19)20)15-4-7(16)17/h3,9-10,15,18H,4,13H2,1-2H3,(H,16,17)(H,19,20)/t9-,10+/m1/s1. The summed E-state index contributed by atoms with van der Waals surface area (Å²) in [4.78, 5) is 25.6. The summed E-state index contributed by atoms with van der Waals surface area (Å²) in [6.07, 6.45) is 1.47. The van der Waals surface area contributed by atoms with E-state index in [0.717, 1.165) is 0 Å². The molecule has 0 aliphatic carbocycles. The topological polar surface area (TPSA) is 146 Å². The fourth-order valence-electron chi connectivity index (χ4n) is 1.85. The normalized spacial score (nSPS) is 13.8. The Morgan fingerprint density at radius 2 is 2.00 bits per heavy atom. The van der Waals surface area contributed by atoms with Gasteiger partial charge in [-0.05, 0) is 19.4 Å². The predicted octanol–water partition coefficient (Wildman–Crippen LogP) is -0.469. The van der Waals surface area contributed by atoms with Crippen LogP contribution in [0, 0.1) is 13.8 Å². The first-order chi connectivity index (χ1) is 9.25. The lowest BCUT2D eigenvalue weighted by Crippen LogP contribution is -2.45. The van der Waals surface area contributed by atoms with Gasteiger partial charge in [-0.25, -0.2) is 0 Å². The second-order valence-corrected chi connectivity index (χ2v) is 4.41. The number of aryl methyl sites for hydroxylation is 2. The van der Waals surface area contributed by atoms with Gasteiger partial charge in [-0.2, -0.15) is 0 Å². The molecular formula is C12H17N3O5. The van der Waals surface area contributed by atoms with Crippen LogP contribution in [-0.4, -0.2) is 44.8 Å². The quantitative estimate of drug-likeness (QED) is 0.471. The lowest BCUT2D eigenvalue weighted by molar-refractivity contribution is -0.140. The van der Waals surface area contributed by atoms with E-state index in [-0.39, 0.29) is 11.3 Å². The molecule has 0 aliphatic rings. The number of nitrogens with zero attached hydrogens (tertiary/aromatic N) is 1. The molecule has 1 aromatic rings. The van der Waals surface area contributed by atoms with Crippen LogP contribution in [0.5, 0.6) is 5.75 Å². The van der Waals surface area contributed by atoms with Crippen LogP contribution in [0.1, 0.15) is 22.9 Å². The largest absolute Gasteiger partial charge is 0.506 e. The van der Waals surface area contributed by atoms with Crippen LogP contribution in [0.2, 0.25) is 0 Å². The molecule has 6 N–H and O–H groups in total. The lowest BCUT2D eigenvalue weighted by Gasteiger charge is -2.24. The number of aromatic nitrogens is 1. The van der Waals surface area contributed by atoms with Crippen molar-refractivity contribution < 1.29 is 24.9 Å². The number of carbonyl (C=O) groups is 2. The van der Waals surface area contributed by atoms with E-state index in [0.29, 0.717) is 11.3 Å². The van der Waals surface area contributed by atoms with Gasteiger partial charge in [0, 0.05) is 11.8 Å². The Hall–Kier alpha value is -2.19. The smallest absolute Gasteiger partial charge is 0.322 e. The summed E-state index contributed by atoms with van der Waals surface area (Å²) >= 11 is 0. The molecule has 0 fully saturated rings. The van der Waals surface area contributed by atoms with E-state index in [1.54, 1.807) is 13.8 Å². The third-order valence-corrected chi connectivity index (χ3v) is 2.90. The first kappa shape index (κ1) is 15.9. The van der Waals surface area contributed by atoms with Crippen molar-refractivity contribution >= 4 is 11.9 Å². The highest BCUT2D eigenvalue weighted by Gasteiger charge is 2.30.